The van der Waals surface area contributed by atoms with Crippen LogP contribution in [0.15, 0.2) is 60.8 Å². The van der Waals surface area contributed by atoms with Crippen molar-refractivity contribution < 1.29 is 14.3 Å². The maximum Gasteiger partial charge on any atom is 0.335 e. The van der Waals surface area contributed by atoms with Crippen LogP contribution < -0.4 is 0 Å². The highest BCUT2D eigenvalue weighted by Gasteiger charge is 2.23. The molecule has 0 aliphatic carbocycles. The summed E-state index contributed by atoms with van der Waals surface area (Å²) in [6.07, 6.45) is 1.78. The second-order valence-corrected chi connectivity index (χ2v) is 8.40. The minimum atomic E-state index is -0.966. The second kappa shape index (κ2) is 7.34. The molecule has 160 valence electrons. The van der Waals surface area contributed by atoms with E-state index in [4.69, 9.17) is 0 Å². The zero-order valence-corrected chi connectivity index (χ0v) is 18.0. The number of benzene rings is 3. The molecule has 0 unspecified atom stereocenters. The number of hydrogen-bond acceptors (Lipinski definition) is 2. The van der Waals surface area contributed by atoms with E-state index in [1.165, 1.54) is 6.07 Å². The van der Waals surface area contributed by atoms with Crippen LogP contribution in [-0.2, 0) is 0 Å². The number of halogens is 1. The number of carbonyl (C=O) groups is 1. The predicted octanol–water partition coefficient (Wildman–Crippen LogP) is 6.44. The van der Waals surface area contributed by atoms with Gasteiger partial charge in [-0.2, -0.15) is 5.10 Å². The Hall–Kier alpha value is -3.93. The second-order valence-electron chi connectivity index (χ2n) is 8.40. The van der Waals surface area contributed by atoms with Crippen LogP contribution >= 0.6 is 0 Å². The van der Waals surface area contributed by atoms with E-state index in [1.807, 2.05) is 12.1 Å². The Balaban J connectivity index is 1.95. The van der Waals surface area contributed by atoms with Gasteiger partial charge in [0.25, 0.3) is 0 Å². The summed E-state index contributed by atoms with van der Waals surface area (Å²) >= 11 is 0. The first-order valence-electron chi connectivity index (χ1n) is 10.5. The maximum atomic E-state index is 14.1. The van der Waals surface area contributed by atoms with E-state index >= 15 is 0 Å². The highest BCUT2D eigenvalue weighted by atomic mass is 19.1. The summed E-state index contributed by atoms with van der Waals surface area (Å²) in [5.74, 6) is -1.09. The van der Waals surface area contributed by atoms with Gasteiger partial charge in [0.2, 0.25) is 0 Å². The summed E-state index contributed by atoms with van der Waals surface area (Å²) in [7, 11) is 0. The number of aromatic carboxylic acids is 1. The third-order valence-corrected chi connectivity index (χ3v) is 5.91. The Morgan fingerprint density at radius 3 is 2.66 bits per heavy atom. The Labute approximate surface area is 184 Å². The van der Waals surface area contributed by atoms with Crippen molar-refractivity contribution in [3.63, 3.8) is 0 Å². The molecule has 2 N–H and O–H groups in total. The first-order chi connectivity index (χ1) is 15.3. The SMILES string of the molecule is Cc1cc(-n2c(C(C)C)c(-c3cccc(C(=O)O)c3)c3cc4[nH]ncc4cc32)ccc1F. The molecule has 2 aromatic heterocycles. The van der Waals surface area contributed by atoms with Gasteiger partial charge in [0.1, 0.15) is 5.82 Å². The van der Waals surface area contributed by atoms with Crippen LogP contribution in [0.1, 0.15) is 41.4 Å². The third kappa shape index (κ3) is 3.07. The number of aryl methyl sites for hydroxylation is 1. The van der Waals surface area contributed by atoms with Gasteiger partial charge in [0, 0.05) is 27.7 Å². The molecular formula is C26H22FN3O2. The molecule has 0 radical (unpaired) electrons. The van der Waals surface area contributed by atoms with Crippen LogP contribution in [0, 0.1) is 12.7 Å². The molecule has 5 nitrogen and oxygen atoms in total. The van der Waals surface area contributed by atoms with Crippen LogP contribution in [0.25, 0.3) is 38.6 Å². The van der Waals surface area contributed by atoms with Gasteiger partial charge in [-0.25, -0.2) is 9.18 Å². The van der Waals surface area contributed by atoms with Crippen molar-refractivity contribution in [3.05, 3.63) is 83.4 Å². The molecule has 0 fully saturated rings. The highest BCUT2D eigenvalue weighted by molar-refractivity contribution is 6.06. The number of carboxylic acid groups (broad SMARTS) is 1. The Bertz CT molecular complexity index is 1510. The number of aromatic nitrogens is 3. The van der Waals surface area contributed by atoms with Gasteiger partial charge in [-0.3, -0.25) is 5.10 Å². The molecule has 0 saturated heterocycles. The third-order valence-electron chi connectivity index (χ3n) is 5.91. The average molecular weight is 427 g/mol. The first kappa shape index (κ1) is 20.0. The zero-order chi connectivity index (χ0) is 22.6. The van der Waals surface area contributed by atoms with E-state index in [9.17, 15) is 14.3 Å². The Morgan fingerprint density at radius 2 is 1.94 bits per heavy atom. The van der Waals surface area contributed by atoms with Crippen molar-refractivity contribution in [3.8, 4) is 16.8 Å². The monoisotopic (exact) mass is 427 g/mol. The van der Waals surface area contributed by atoms with Crippen molar-refractivity contribution >= 4 is 27.8 Å². The lowest BCUT2D eigenvalue weighted by molar-refractivity contribution is 0.0697. The lowest BCUT2D eigenvalue weighted by atomic mass is 9.95. The summed E-state index contributed by atoms with van der Waals surface area (Å²) < 4.78 is 16.2. The lowest BCUT2D eigenvalue weighted by Crippen LogP contribution is -2.04. The van der Waals surface area contributed by atoms with Gasteiger partial charge in [-0.05, 0) is 66.4 Å². The van der Waals surface area contributed by atoms with Gasteiger partial charge in [-0.15, -0.1) is 0 Å². The van der Waals surface area contributed by atoms with E-state index in [1.54, 1.807) is 37.4 Å². The molecule has 0 bridgehead atoms. The number of nitrogens with one attached hydrogen (secondary N) is 1. The number of hydrogen-bond donors (Lipinski definition) is 2. The van der Waals surface area contributed by atoms with Crippen LogP contribution in [-0.4, -0.2) is 25.8 Å². The number of fused-ring (bicyclic) bond motifs is 2. The van der Waals surface area contributed by atoms with E-state index in [2.05, 4.69) is 40.7 Å². The van der Waals surface area contributed by atoms with Crippen LogP contribution in [0.4, 0.5) is 4.39 Å². The summed E-state index contributed by atoms with van der Waals surface area (Å²) in [5.41, 5.74) is 6.36. The van der Waals surface area contributed by atoms with E-state index in [0.29, 0.717) is 5.56 Å². The minimum absolute atomic E-state index is 0.118. The molecule has 0 aliphatic rings. The molecule has 5 aromatic rings. The Kier molecular flexibility index (Phi) is 4.59. The topological polar surface area (TPSA) is 70.9 Å². The molecule has 2 heterocycles. The standard InChI is InChI=1S/C26H22FN3O2/c1-14(2)25-24(16-5-4-6-17(10-16)26(31)32)20-12-22-18(13-28-29-22)11-23(20)30(25)19-7-8-21(27)15(3)9-19/h4-14H,1-3H3,(H,28,29)(H,31,32). The van der Waals surface area contributed by atoms with Gasteiger partial charge < -0.3 is 9.67 Å². The fraction of sp³-hybridized carbons (Fsp3) is 0.154. The van der Waals surface area contributed by atoms with E-state index in [0.717, 1.165) is 44.3 Å². The van der Waals surface area contributed by atoms with Crippen LogP contribution in [0.5, 0.6) is 0 Å². The molecular weight excluding hydrogens is 405 g/mol. The Morgan fingerprint density at radius 1 is 1.12 bits per heavy atom. The molecule has 32 heavy (non-hydrogen) atoms. The number of aromatic amines is 1. The van der Waals surface area contributed by atoms with Gasteiger partial charge >= 0.3 is 5.97 Å². The predicted molar refractivity (Wildman–Crippen MR) is 124 cm³/mol. The van der Waals surface area contributed by atoms with Crippen molar-refractivity contribution in [1.82, 2.24) is 14.8 Å². The summed E-state index contributed by atoms with van der Waals surface area (Å²) in [6, 6.07) is 16.2. The number of rotatable bonds is 4. The molecule has 0 amide bonds. The number of carboxylic acids is 1. The molecule has 6 heteroatoms. The minimum Gasteiger partial charge on any atom is -0.478 e. The molecule has 0 aliphatic heterocycles. The number of nitrogens with zero attached hydrogens (tertiary/aromatic N) is 2. The lowest BCUT2D eigenvalue weighted by Gasteiger charge is -2.16. The van der Waals surface area contributed by atoms with Crippen molar-refractivity contribution in [1.29, 1.82) is 0 Å². The first-order valence-corrected chi connectivity index (χ1v) is 10.5. The number of H-pyrrole nitrogens is 1. The quantitative estimate of drug-likeness (QED) is 0.347. The normalized spacial score (nSPS) is 11.7. The fourth-order valence-electron chi connectivity index (χ4n) is 4.45. The van der Waals surface area contributed by atoms with E-state index < -0.39 is 5.97 Å². The van der Waals surface area contributed by atoms with Crippen molar-refractivity contribution in [2.24, 2.45) is 0 Å². The maximum absolute atomic E-state index is 14.1. The molecule has 5 rings (SSSR count). The summed E-state index contributed by atoms with van der Waals surface area (Å²) in [5, 5.41) is 18.7. The van der Waals surface area contributed by atoms with Gasteiger partial charge in [0.05, 0.1) is 22.8 Å². The largest absolute Gasteiger partial charge is 0.478 e. The molecule has 3 aromatic carbocycles. The summed E-state index contributed by atoms with van der Waals surface area (Å²) in [6.45, 7) is 5.98. The molecule has 0 spiro atoms. The van der Waals surface area contributed by atoms with Gasteiger partial charge in [0.15, 0.2) is 0 Å². The zero-order valence-electron chi connectivity index (χ0n) is 18.0. The van der Waals surface area contributed by atoms with Crippen molar-refractivity contribution in [2.45, 2.75) is 26.7 Å². The van der Waals surface area contributed by atoms with Crippen LogP contribution in [0.2, 0.25) is 0 Å². The van der Waals surface area contributed by atoms with Gasteiger partial charge in [-0.1, -0.05) is 26.0 Å². The highest BCUT2D eigenvalue weighted by Crippen LogP contribution is 2.42. The van der Waals surface area contributed by atoms with Crippen molar-refractivity contribution in [2.75, 3.05) is 0 Å². The average Bonchev–Trinajstić information content (AvgIpc) is 3.35. The molecule has 0 atom stereocenters. The fourth-order valence-corrected chi connectivity index (χ4v) is 4.45. The smallest absolute Gasteiger partial charge is 0.335 e. The summed E-state index contributed by atoms with van der Waals surface area (Å²) in [4.78, 5) is 11.6. The van der Waals surface area contributed by atoms with E-state index in [-0.39, 0.29) is 17.3 Å². The molecule has 0 saturated carbocycles. The van der Waals surface area contributed by atoms with Crippen LogP contribution in [0.3, 0.4) is 0 Å².